The maximum atomic E-state index is 5.93. The maximum absolute atomic E-state index is 5.93. The predicted octanol–water partition coefficient (Wildman–Crippen LogP) is 4.04. The number of rotatable bonds is 3. The highest BCUT2D eigenvalue weighted by molar-refractivity contribution is 7.80. The Balaban J connectivity index is 1.80. The molecule has 18 heavy (non-hydrogen) atoms. The second kappa shape index (κ2) is 6.73. The minimum absolute atomic E-state index is 0.570. The van der Waals surface area contributed by atoms with E-state index in [1.54, 1.807) is 11.3 Å². The van der Waals surface area contributed by atoms with Crippen LogP contribution in [0.15, 0.2) is 12.1 Å². The molecule has 1 aromatic rings. The van der Waals surface area contributed by atoms with Gasteiger partial charge in [0, 0.05) is 18.0 Å². The Morgan fingerprint density at radius 2 is 2.17 bits per heavy atom. The van der Waals surface area contributed by atoms with E-state index in [0.29, 0.717) is 6.04 Å². The highest BCUT2D eigenvalue weighted by Gasteiger charge is 2.15. The van der Waals surface area contributed by atoms with Gasteiger partial charge in [0.1, 0.15) is 0 Å². The Morgan fingerprint density at radius 3 is 2.78 bits per heavy atom. The van der Waals surface area contributed by atoms with E-state index in [-0.39, 0.29) is 0 Å². The Morgan fingerprint density at radius 1 is 1.44 bits per heavy atom. The first-order valence-electron chi connectivity index (χ1n) is 6.41. The van der Waals surface area contributed by atoms with Gasteiger partial charge in [0.15, 0.2) is 5.11 Å². The van der Waals surface area contributed by atoms with Crippen molar-refractivity contribution in [2.24, 2.45) is 0 Å². The molecule has 100 valence electrons. The molecule has 5 heteroatoms. The molecular weight excluding hydrogens is 284 g/mol. The van der Waals surface area contributed by atoms with Crippen LogP contribution in [-0.2, 0) is 6.54 Å². The van der Waals surface area contributed by atoms with E-state index in [1.165, 1.54) is 37.0 Å². The van der Waals surface area contributed by atoms with Crippen LogP contribution in [0.5, 0.6) is 0 Å². The summed E-state index contributed by atoms with van der Waals surface area (Å²) in [6.45, 7) is 0.829. The fourth-order valence-electron chi connectivity index (χ4n) is 2.27. The zero-order valence-electron chi connectivity index (χ0n) is 10.6. The Labute approximate surface area is 123 Å². The van der Waals surface area contributed by atoms with E-state index in [0.717, 1.165) is 16.0 Å². The summed E-state index contributed by atoms with van der Waals surface area (Å²) in [6.07, 6.45) is 6.52. The normalized spacial score (nSPS) is 16.6. The van der Waals surface area contributed by atoms with Gasteiger partial charge in [0.05, 0.1) is 10.9 Å². The van der Waals surface area contributed by atoms with Crippen molar-refractivity contribution in [2.45, 2.75) is 44.7 Å². The molecule has 1 aliphatic carbocycles. The Kier molecular flexibility index (Phi) is 5.27. The molecule has 0 radical (unpaired) electrons. The molecule has 2 rings (SSSR count). The van der Waals surface area contributed by atoms with Crippen molar-refractivity contribution in [1.82, 2.24) is 10.2 Å². The quantitative estimate of drug-likeness (QED) is 0.848. The zero-order valence-corrected chi connectivity index (χ0v) is 13.0. The second-order valence-electron chi connectivity index (χ2n) is 4.85. The number of thiocarbonyl (C=S) groups is 1. The van der Waals surface area contributed by atoms with E-state index in [2.05, 4.69) is 16.3 Å². The number of halogens is 1. The van der Waals surface area contributed by atoms with Crippen LogP contribution < -0.4 is 5.32 Å². The van der Waals surface area contributed by atoms with E-state index in [9.17, 15) is 0 Å². The number of hydrogen-bond acceptors (Lipinski definition) is 2. The monoisotopic (exact) mass is 302 g/mol. The summed E-state index contributed by atoms with van der Waals surface area (Å²) in [5.74, 6) is 0. The first-order chi connectivity index (χ1) is 8.65. The van der Waals surface area contributed by atoms with E-state index in [4.69, 9.17) is 23.8 Å². The van der Waals surface area contributed by atoms with Crippen LogP contribution in [0.3, 0.4) is 0 Å². The SMILES string of the molecule is CN(Cc1ccc(Cl)s1)C(=S)NC1CCCCC1. The third-order valence-corrected chi connectivity index (χ3v) is 4.95. The highest BCUT2D eigenvalue weighted by Crippen LogP contribution is 2.22. The molecule has 1 heterocycles. The lowest BCUT2D eigenvalue weighted by Crippen LogP contribution is -2.43. The molecule has 0 amide bonds. The number of hydrogen-bond donors (Lipinski definition) is 1. The molecule has 1 fully saturated rings. The van der Waals surface area contributed by atoms with Crippen LogP contribution >= 0.6 is 35.2 Å². The second-order valence-corrected chi connectivity index (χ2v) is 7.03. The van der Waals surface area contributed by atoms with Crippen LogP contribution in [0, 0.1) is 0 Å². The van der Waals surface area contributed by atoms with Gasteiger partial charge >= 0.3 is 0 Å². The van der Waals surface area contributed by atoms with Crippen molar-refractivity contribution in [3.8, 4) is 0 Å². The molecule has 0 aliphatic heterocycles. The van der Waals surface area contributed by atoms with Gasteiger partial charge in [-0.1, -0.05) is 30.9 Å². The molecule has 0 aromatic carbocycles. The molecule has 1 aromatic heterocycles. The topological polar surface area (TPSA) is 15.3 Å². The molecule has 1 N–H and O–H groups in total. The van der Waals surface area contributed by atoms with Gasteiger partial charge in [-0.3, -0.25) is 0 Å². The molecule has 1 aliphatic rings. The first kappa shape index (κ1) is 14.1. The summed E-state index contributed by atoms with van der Waals surface area (Å²) in [5, 5.41) is 4.33. The van der Waals surface area contributed by atoms with Crippen LogP contribution in [0.2, 0.25) is 4.34 Å². The van der Waals surface area contributed by atoms with Gasteiger partial charge in [0.2, 0.25) is 0 Å². The average molecular weight is 303 g/mol. The first-order valence-corrected chi connectivity index (χ1v) is 8.01. The summed E-state index contributed by atoms with van der Waals surface area (Å²) in [6, 6.07) is 4.57. The summed E-state index contributed by atoms with van der Waals surface area (Å²) >= 11 is 13.0. The number of nitrogens with one attached hydrogen (secondary N) is 1. The minimum atomic E-state index is 0.570. The van der Waals surface area contributed by atoms with Crippen LogP contribution in [0.1, 0.15) is 37.0 Å². The summed E-state index contributed by atoms with van der Waals surface area (Å²) in [4.78, 5) is 3.34. The lowest BCUT2D eigenvalue weighted by atomic mass is 9.96. The molecule has 1 saturated carbocycles. The fraction of sp³-hybridized carbons (Fsp3) is 0.615. The Bertz CT molecular complexity index is 399. The van der Waals surface area contributed by atoms with Crippen molar-refractivity contribution in [3.63, 3.8) is 0 Å². The van der Waals surface area contributed by atoms with Gasteiger partial charge in [-0.25, -0.2) is 0 Å². The van der Waals surface area contributed by atoms with Crippen LogP contribution in [0.25, 0.3) is 0 Å². The van der Waals surface area contributed by atoms with Crippen molar-refractivity contribution in [2.75, 3.05) is 7.05 Å². The van der Waals surface area contributed by atoms with Crippen molar-refractivity contribution in [3.05, 3.63) is 21.3 Å². The average Bonchev–Trinajstić information content (AvgIpc) is 2.76. The Hall–Kier alpha value is -0.320. The number of thiophene rings is 1. The molecular formula is C13H19ClN2S2. The lowest BCUT2D eigenvalue weighted by molar-refractivity contribution is 0.393. The largest absolute Gasteiger partial charge is 0.360 e. The van der Waals surface area contributed by atoms with Gasteiger partial charge in [-0.2, -0.15) is 0 Å². The van der Waals surface area contributed by atoms with Crippen LogP contribution in [-0.4, -0.2) is 23.1 Å². The molecule has 0 atom stereocenters. The number of nitrogens with zero attached hydrogens (tertiary/aromatic N) is 1. The molecule has 0 saturated heterocycles. The third-order valence-electron chi connectivity index (χ3n) is 3.30. The molecule has 0 bridgehead atoms. The summed E-state index contributed by atoms with van der Waals surface area (Å²) < 4.78 is 0.838. The van der Waals surface area contributed by atoms with Crippen molar-refractivity contribution < 1.29 is 0 Å². The van der Waals surface area contributed by atoms with Crippen LogP contribution in [0.4, 0.5) is 0 Å². The molecule has 0 spiro atoms. The zero-order chi connectivity index (χ0) is 13.0. The van der Waals surface area contributed by atoms with Gasteiger partial charge in [-0.05, 0) is 37.2 Å². The van der Waals surface area contributed by atoms with E-state index >= 15 is 0 Å². The fourth-order valence-corrected chi connectivity index (χ4v) is 3.65. The summed E-state index contributed by atoms with van der Waals surface area (Å²) in [7, 11) is 2.03. The third kappa shape index (κ3) is 4.11. The predicted molar refractivity (Wildman–Crippen MR) is 83.4 cm³/mol. The van der Waals surface area contributed by atoms with Crippen molar-refractivity contribution in [1.29, 1.82) is 0 Å². The van der Waals surface area contributed by atoms with Gasteiger partial charge in [0.25, 0.3) is 0 Å². The smallest absolute Gasteiger partial charge is 0.169 e. The molecule has 0 unspecified atom stereocenters. The van der Waals surface area contributed by atoms with Gasteiger partial charge in [-0.15, -0.1) is 11.3 Å². The standard InChI is InChI=1S/C13H19ClN2S2/c1-16(9-11-7-8-12(14)18-11)13(17)15-10-5-3-2-4-6-10/h7-8,10H,2-6,9H2,1H3,(H,15,17). The maximum Gasteiger partial charge on any atom is 0.169 e. The highest BCUT2D eigenvalue weighted by atomic mass is 35.5. The molecule has 2 nitrogen and oxygen atoms in total. The van der Waals surface area contributed by atoms with Gasteiger partial charge < -0.3 is 10.2 Å². The summed E-state index contributed by atoms with van der Waals surface area (Å²) in [5.41, 5.74) is 0. The minimum Gasteiger partial charge on any atom is -0.360 e. The van der Waals surface area contributed by atoms with Crippen molar-refractivity contribution >= 4 is 40.3 Å². The van der Waals surface area contributed by atoms with E-state index < -0.39 is 0 Å². The van der Waals surface area contributed by atoms with E-state index in [1.807, 2.05) is 13.1 Å². The lowest BCUT2D eigenvalue weighted by Gasteiger charge is -2.28.